The molecule has 1 rings (SSSR count). The second-order valence-corrected chi connectivity index (χ2v) is 5.06. The number of rotatable bonds is 4. The van der Waals surface area contributed by atoms with E-state index < -0.39 is 10.0 Å². The van der Waals surface area contributed by atoms with Gasteiger partial charge >= 0.3 is 0 Å². The number of hydrogen-bond acceptors (Lipinski definition) is 3. The van der Waals surface area contributed by atoms with Crippen LogP contribution in [0.3, 0.4) is 0 Å². The van der Waals surface area contributed by atoms with Crippen molar-refractivity contribution < 1.29 is 13.6 Å². The Balaban J connectivity index is 3.04. The zero-order valence-electron chi connectivity index (χ0n) is 8.92. The summed E-state index contributed by atoms with van der Waals surface area (Å²) in [6, 6.07) is 5.80. The molecule has 4 nitrogen and oxygen atoms in total. The molecule has 0 atom stereocenters. The maximum absolute atomic E-state index is 11.7. The lowest BCUT2D eigenvalue weighted by molar-refractivity contribution is 0.00351. The predicted octanol–water partition coefficient (Wildman–Crippen LogP) is 1.46. The van der Waals surface area contributed by atoms with Gasteiger partial charge in [0, 0.05) is 12.1 Å². The van der Waals surface area contributed by atoms with Gasteiger partial charge in [0.2, 0.25) is 0 Å². The van der Waals surface area contributed by atoms with Crippen molar-refractivity contribution in [3.05, 3.63) is 29.8 Å². The summed E-state index contributed by atoms with van der Waals surface area (Å²) in [7, 11) is -3.81. The Bertz CT molecular complexity index is 485. The molecule has 0 aliphatic carbocycles. The SMILES string of the molecule is C#Cc1ccc(S(=O)(=O)N(O)CCC)cc1. The highest BCUT2D eigenvalue weighted by atomic mass is 32.2. The lowest BCUT2D eigenvalue weighted by Gasteiger charge is -2.13. The number of hydrogen-bond donors (Lipinski definition) is 1. The fraction of sp³-hybridized carbons (Fsp3) is 0.273. The molecule has 16 heavy (non-hydrogen) atoms. The normalized spacial score (nSPS) is 11.4. The van der Waals surface area contributed by atoms with Gasteiger partial charge in [0.25, 0.3) is 10.0 Å². The van der Waals surface area contributed by atoms with Crippen LogP contribution in [0.4, 0.5) is 0 Å². The van der Waals surface area contributed by atoms with Gasteiger partial charge in [-0.15, -0.1) is 6.42 Å². The molecule has 0 radical (unpaired) electrons. The fourth-order valence-corrected chi connectivity index (χ4v) is 2.30. The van der Waals surface area contributed by atoms with Crippen LogP contribution in [0.15, 0.2) is 29.2 Å². The molecule has 0 unspecified atom stereocenters. The van der Waals surface area contributed by atoms with Gasteiger partial charge in [-0.1, -0.05) is 17.3 Å². The zero-order chi connectivity index (χ0) is 12.2. The summed E-state index contributed by atoms with van der Waals surface area (Å²) in [6.07, 6.45) is 5.70. The van der Waals surface area contributed by atoms with Crippen LogP contribution < -0.4 is 0 Å². The van der Waals surface area contributed by atoms with Crippen LogP contribution in [0, 0.1) is 12.3 Å². The molecule has 0 saturated carbocycles. The van der Waals surface area contributed by atoms with E-state index in [1.165, 1.54) is 24.3 Å². The first-order chi connectivity index (χ1) is 7.52. The fourth-order valence-electron chi connectivity index (χ4n) is 1.16. The summed E-state index contributed by atoms with van der Waals surface area (Å²) >= 11 is 0. The molecule has 0 spiro atoms. The minimum absolute atomic E-state index is 0.0300. The van der Waals surface area contributed by atoms with Crippen LogP contribution in [-0.4, -0.2) is 24.6 Å². The van der Waals surface area contributed by atoms with Crippen LogP contribution >= 0.6 is 0 Å². The Hall–Kier alpha value is -1.35. The van der Waals surface area contributed by atoms with Crippen molar-refractivity contribution >= 4 is 10.0 Å². The first-order valence-corrected chi connectivity index (χ1v) is 6.24. The second kappa shape index (κ2) is 5.12. The molecule has 1 aromatic carbocycles. The van der Waals surface area contributed by atoms with E-state index in [2.05, 4.69) is 5.92 Å². The van der Waals surface area contributed by atoms with Gasteiger partial charge < -0.3 is 0 Å². The van der Waals surface area contributed by atoms with Crippen molar-refractivity contribution in [2.75, 3.05) is 6.54 Å². The Morgan fingerprint density at radius 1 is 1.38 bits per heavy atom. The molecule has 0 amide bonds. The summed E-state index contributed by atoms with van der Waals surface area (Å²) in [5.41, 5.74) is 0.596. The van der Waals surface area contributed by atoms with Crippen molar-refractivity contribution in [3.8, 4) is 12.3 Å². The van der Waals surface area contributed by atoms with Gasteiger partial charge in [0.05, 0.1) is 4.90 Å². The van der Waals surface area contributed by atoms with Crippen molar-refractivity contribution in [1.29, 1.82) is 0 Å². The van der Waals surface area contributed by atoms with Crippen LogP contribution in [0.2, 0.25) is 0 Å². The highest BCUT2D eigenvalue weighted by Gasteiger charge is 2.21. The van der Waals surface area contributed by atoms with Crippen LogP contribution in [0.25, 0.3) is 0 Å². The molecule has 1 N–H and O–H groups in total. The first-order valence-electron chi connectivity index (χ1n) is 4.80. The highest BCUT2D eigenvalue weighted by molar-refractivity contribution is 7.89. The Labute approximate surface area is 95.5 Å². The number of sulfonamides is 1. The van der Waals surface area contributed by atoms with Gasteiger partial charge in [0.15, 0.2) is 0 Å². The van der Waals surface area contributed by atoms with E-state index in [0.717, 1.165) is 0 Å². The summed E-state index contributed by atoms with van der Waals surface area (Å²) in [6.45, 7) is 1.85. The van der Waals surface area contributed by atoms with Gasteiger partial charge in [0.1, 0.15) is 0 Å². The maximum Gasteiger partial charge on any atom is 0.264 e. The van der Waals surface area contributed by atoms with Crippen molar-refractivity contribution in [2.45, 2.75) is 18.2 Å². The first kappa shape index (κ1) is 12.7. The number of terminal acetylenes is 1. The molecule has 0 bridgehead atoms. The van der Waals surface area contributed by atoms with Crippen LogP contribution in [0.5, 0.6) is 0 Å². The summed E-state index contributed by atoms with van der Waals surface area (Å²) < 4.78 is 23.8. The zero-order valence-corrected chi connectivity index (χ0v) is 9.74. The molecule has 86 valence electrons. The third-order valence-corrected chi connectivity index (χ3v) is 3.62. The molecule has 0 fully saturated rings. The second-order valence-electron chi connectivity index (χ2n) is 3.22. The number of hydroxylamine groups is 1. The van der Waals surface area contributed by atoms with Crippen molar-refractivity contribution in [3.63, 3.8) is 0 Å². The van der Waals surface area contributed by atoms with Crippen molar-refractivity contribution in [1.82, 2.24) is 4.47 Å². The quantitative estimate of drug-likeness (QED) is 0.639. The number of benzene rings is 1. The smallest absolute Gasteiger partial charge is 0.264 e. The summed E-state index contributed by atoms with van der Waals surface area (Å²) in [4.78, 5) is 0.0300. The average Bonchev–Trinajstić information content (AvgIpc) is 2.29. The minimum atomic E-state index is -3.81. The van der Waals surface area contributed by atoms with E-state index in [-0.39, 0.29) is 11.4 Å². The highest BCUT2D eigenvalue weighted by Crippen LogP contribution is 2.14. The third kappa shape index (κ3) is 2.61. The average molecular weight is 239 g/mol. The summed E-state index contributed by atoms with van der Waals surface area (Å²) in [5.74, 6) is 2.39. The Kier molecular flexibility index (Phi) is 4.07. The lowest BCUT2D eigenvalue weighted by Crippen LogP contribution is -2.28. The van der Waals surface area contributed by atoms with Gasteiger partial charge in [-0.2, -0.15) is 0 Å². The van der Waals surface area contributed by atoms with E-state index in [9.17, 15) is 13.6 Å². The molecule has 0 aromatic heterocycles. The molecule has 1 aromatic rings. The monoisotopic (exact) mass is 239 g/mol. The lowest BCUT2D eigenvalue weighted by atomic mass is 10.2. The molecule has 0 aliphatic heterocycles. The van der Waals surface area contributed by atoms with Gasteiger partial charge in [-0.3, -0.25) is 5.21 Å². The van der Waals surface area contributed by atoms with Crippen LogP contribution in [0.1, 0.15) is 18.9 Å². The largest absolute Gasteiger partial charge is 0.299 e. The third-order valence-electron chi connectivity index (χ3n) is 2.01. The predicted molar refractivity (Wildman–Crippen MR) is 60.3 cm³/mol. The van der Waals surface area contributed by atoms with Gasteiger partial charge in [-0.05, 0) is 30.7 Å². The molecule has 0 saturated heterocycles. The van der Waals surface area contributed by atoms with E-state index in [1.54, 1.807) is 6.92 Å². The standard InChI is InChI=1S/C11H13NO3S/c1-3-9-12(13)16(14,15)11-7-5-10(4-2)6-8-11/h2,5-8,13H,3,9H2,1H3. The van der Waals surface area contributed by atoms with E-state index in [4.69, 9.17) is 6.42 Å². The maximum atomic E-state index is 11.7. The molecule has 0 aliphatic rings. The molecular weight excluding hydrogens is 226 g/mol. The van der Waals surface area contributed by atoms with Crippen LogP contribution in [-0.2, 0) is 10.0 Å². The topological polar surface area (TPSA) is 57.6 Å². The summed E-state index contributed by atoms with van der Waals surface area (Å²) in [5, 5.41) is 9.36. The number of nitrogens with zero attached hydrogens (tertiary/aromatic N) is 1. The molecule has 5 heteroatoms. The van der Waals surface area contributed by atoms with E-state index in [0.29, 0.717) is 16.5 Å². The van der Waals surface area contributed by atoms with E-state index in [1.807, 2.05) is 0 Å². The van der Waals surface area contributed by atoms with Gasteiger partial charge in [-0.25, -0.2) is 8.42 Å². The van der Waals surface area contributed by atoms with Crippen molar-refractivity contribution in [2.24, 2.45) is 0 Å². The Morgan fingerprint density at radius 3 is 2.38 bits per heavy atom. The van der Waals surface area contributed by atoms with E-state index >= 15 is 0 Å². The molecule has 0 heterocycles. The Morgan fingerprint density at radius 2 is 1.94 bits per heavy atom. The molecular formula is C11H13NO3S. The minimum Gasteiger partial charge on any atom is -0.299 e.